The number of rotatable bonds is 11. The molecule has 248 valence electrons. The summed E-state index contributed by atoms with van der Waals surface area (Å²) in [5.41, 5.74) is 2.20. The number of benzene rings is 4. The van der Waals surface area contributed by atoms with Gasteiger partial charge in [-0.15, -0.1) is 0 Å². The zero-order chi connectivity index (χ0) is 33.7. The van der Waals surface area contributed by atoms with E-state index in [1.54, 1.807) is 37.3 Å². The van der Waals surface area contributed by atoms with Gasteiger partial charge in [-0.25, -0.2) is 9.18 Å². The Bertz CT molecular complexity index is 1950. The number of aromatic nitrogens is 1. The molecule has 1 N–H and O–H groups in total. The molecule has 0 radical (unpaired) electrons. The highest BCUT2D eigenvalue weighted by Gasteiger charge is 2.29. The van der Waals surface area contributed by atoms with Crippen molar-refractivity contribution in [1.82, 2.24) is 9.88 Å². The molecule has 11 heteroatoms. The van der Waals surface area contributed by atoms with Crippen LogP contribution in [0.5, 0.6) is 0 Å². The summed E-state index contributed by atoms with van der Waals surface area (Å²) in [6.07, 6.45) is 0. The zero-order valence-electron chi connectivity index (χ0n) is 26.9. The maximum Gasteiger partial charge on any atom is 0.361 e. The fraction of sp³-hybridized carbons (Fsp3) is 0.243. The summed E-state index contributed by atoms with van der Waals surface area (Å²) in [7, 11) is -1.83. The lowest BCUT2D eigenvalue weighted by Gasteiger charge is -2.34. The van der Waals surface area contributed by atoms with Gasteiger partial charge in [-0.1, -0.05) is 72.8 Å². The summed E-state index contributed by atoms with van der Waals surface area (Å²) < 4.78 is 47.0. The van der Waals surface area contributed by atoms with Gasteiger partial charge in [0.15, 0.2) is 0 Å². The van der Waals surface area contributed by atoms with Crippen LogP contribution in [0, 0.1) is 5.82 Å². The second kappa shape index (κ2) is 14.7. The third kappa shape index (κ3) is 7.27. The number of nitrogens with one attached hydrogen (secondary N) is 1. The molecule has 1 aliphatic heterocycles. The first-order valence-corrected chi connectivity index (χ1v) is 17.4. The highest BCUT2D eigenvalue weighted by atomic mass is 31.2. The number of aromatic amines is 1. The van der Waals surface area contributed by atoms with E-state index < -0.39 is 24.8 Å². The van der Waals surface area contributed by atoms with Crippen LogP contribution in [0.25, 0.3) is 22.2 Å². The minimum Gasteiger partial charge on any atom is -0.462 e. The van der Waals surface area contributed by atoms with Gasteiger partial charge in [0.1, 0.15) is 11.4 Å². The van der Waals surface area contributed by atoms with Crippen molar-refractivity contribution in [3.05, 3.63) is 130 Å². The van der Waals surface area contributed by atoms with Crippen LogP contribution in [-0.2, 0) is 31.6 Å². The van der Waals surface area contributed by atoms with Crippen molar-refractivity contribution in [3.8, 4) is 11.3 Å². The first kappa shape index (κ1) is 33.3. The van der Waals surface area contributed by atoms with Gasteiger partial charge in [-0.3, -0.25) is 9.36 Å². The van der Waals surface area contributed by atoms with Gasteiger partial charge in [-0.2, -0.15) is 0 Å². The highest BCUT2D eigenvalue weighted by molar-refractivity contribution is 7.62. The molecule has 0 saturated carbocycles. The van der Waals surface area contributed by atoms with Crippen LogP contribution in [0.2, 0.25) is 0 Å². The molecule has 2 heterocycles. The van der Waals surface area contributed by atoms with Crippen molar-refractivity contribution in [3.63, 3.8) is 0 Å². The Hall–Kier alpha value is -4.60. The molecule has 0 unspecified atom stereocenters. The summed E-state index contributed by atoms with van der Waals surface area (Å²) in [6.45, 7) is 4.65. The Morgan fingerprint density at radius 2 is 1.44 bits per heavy atom. The predicted octanol–water partition coefficient (Wildman–Crippen LogP) is 6.51. The van der Waals surface area contributed by atoms with Crippen LogP contribution < -0.4 is 15.6 Å². The lowest BCUT2D eigenvalue weighted by atomic mass is 10.0. The number of ether oxygens (including phenoxy) is 1. The summed E-state index contributed by atoms with van der Waals surface area (Å²) in [5.74, 6) is -1.36. The third-order valence-corrected chi connectivity index (χ3v) is 10.2. The van der Waals surface area contributed by atoms with Crippen molar-refractivity contribution in [2.75, 3.05) is 44.7 Å². The van der Waals surface area contributed by atoms with E-state index in [9.17, 15) is 14.2 Å². The quantitative estimate of drug-likeness (QED) is 0.126. The van der Waals surface area contributed by atoms with E-state index in [-0.39, 0.29) is 36.5 Å². The Morgan fingerprint density at radius 1 is 0.854 bits per heavy atom. The molecule has 4 aromatic carbocycles. The Labute approximate surface area is 278 Å². The van der Waals surface area contributed by atoms with Gasteiger partial charge >= 0.3 is 13.6 Å². The van der Waals surface area contributed by atoms with Crippen molar-refractivity contribution < 1.29 is 27.5 Å². The molecular weight excluding hydrogens is 632 g/mol. The number of pyridine rings is 1. The number of halogens is 1. The number of anilines is 1. The topological polar surface area (TPSA) is 101 Å². The van der Waals surface area contributed by atoms with Gasteiger partial charge in [0.25, 0.3) is 0 Å². The Morgan fingerprint density at radius 3 is 2.00 bits per heavy atom. The minimum absolute atomic E-state index is 0.0434. The molecule has 1 saturated heterocycles. The van der Waals surface area contributed by atoms with E-state index in [1.165, 1.54) is 6.07 Å². The molecule has 1 aromatic heterocycles. The van der Waals surface area contributed by atoms with E-state index in [0.29, 0.717) is 35.2 Å². The van der Waals surface area contributed by atoms with Crippen LogP contribution in [0.1, 0.15) is 28.4 Å². The minimum atomic E-state index is -3.85. The van der Waals surface area contributed by atoms with Crippen LogP contribution in [0.3, 0.4) is 0 Å². The lowest BCUT2D eigenvalue weighted by molar-refractivity contribution is 0.0525. The third-order valence-electron chi connectivity index (χ3n) is 8.35. The second-order valence-electron chi connectivity index (χ2n) is 11.6. The van der Waals surface area contributed by atoms with E-state index in [4.69, 9.17) is 13.8 Å². The number of likely N-dealkylation sites (N-methyl/N-ethyl adjacent to an activating group) is 1. The summed E-state index contributed by atoms with van der Waals surface area (Å²) in [4.78, 5) is 34.3. The average molecular weight is 670 g/mol. The molecule has 48 heavy (non-hydrogen) atoms. The predicted molar refractivity (Wildman–Crippen MR) is 185 cm³/mol. The number of hydrogen-bond acceptors (Lipinski definition) is 8. The zero-order valence-corrected chi connectivity index (χ0v) is 27.8. The van der Waals surface area contributed by atoms with Gasteiger partial charge in [-0.05, 0) is 54.9 Å². The highest BCUT2D eigenvalue weighted by Crippen LogP contribution is 2.49. The van der Waals surface area contributed by atoms with Crippen LogP contribution >= 0.6 is 7.60 Å². The number of carbonyl (C=O) groups is 1. The molecule has 0 aliphatic carbocycles. The smallest absolute Gasteiger partial charge is 0.361 e. The maximum atomic E-state index is 15.4. The first-order valence-electron chi connectivity index (χ1n) is 15.8. The number of nitrogens with zero attached hydrogens (tertiary/aromatic N) is 2. The standard InChI is InChI=1S/C37H37FN3O6P/c1-3-45-37(43)34-35(39-32-23-33(31(38)22-30(32)36(34)42)41-20-18-40(2)19-21-41)28-14-16-29(17-15-28)48(44,46-24-26-10-6-4-7-11-26)47-25-27-12-8-5-9-13-27/h4-17,22-23H,3,18-21,24-25H2,1-2H3,(H,39,42). The number of esters is 1. The lowest BCUT2D eigenvalue weighted by Crippen LogP contribution is -2.44. The van der Waals surface area contributed by atoms with Crippen molar-refractivity contribution in [2.45, 2.75) is 20.1 Å². The monoisotopic (exact) mass is 669 g/mol. The molecule has 9 nitrogen and oxygen atoms in total. The summed E-state index contributed by atoms with van der Waals surface area (Å²) >= 11 is 0. The normalized spacial score (nSPS) is 13.9. The fourth-order valence-corrected chi connectivity index (χ4v) is 7.19. The van der Waals surface area contributed by atoms with E-state index in [0.717, 1.165) is 24.2 Å². The van der Waals surface area contributed by atoms with Gasteiger partial charge in [0.05, 0.1) is 42.0 Å². The number of fused-ring (bicyclic) bond motifs is 1. The van der Waals surface area contributed by atoms with Gasteiger partial charge in [0.2, 0.25) is 5.43 Å². The van der Waals surface area contributed by atoms with Gasteiger partial charge in [0, 0.05) is 31.6 Å². The molecule has 0 atom stereocenters. The molecule has 5 aromatic rings. The summed E-state index contributed by atoms with van der Waals surface area (Å²) in [6, 6.07) is 28.0. The molecule has 1 aliphatic rings. The molecule has 6 rings (SSSR count). The second-order valence-corrected chi connectivity index (χ2v) is 13.7. The molecule has 1 fully saturated rings. The SMILES string of the molecule is CCOC(=O)c1c(-c2ccc(P(=O)(OCc3ccccc3)OCc3ccccc3)cc2)[nH]c2cc(N3CCN(C)CC3)c(F)cc2c1=O. The van der Waals surface area contributed by atoms with Crippen LogP contribution in [0.15, 0.2) is 102 Å². The molecule has 0 amide bonds. The molecule has 0 spiro atoms. The maximum absolute atomic E-state index is 15.4. The average Bonchev–Trinajstić information content (AvgIpc) is 3.11. The van der Waals surface area contributed by atoms with E-state index in [2.05, 4.69) is 9.88 Å². The van der Waals surface area contributed by atoms with Crippen LogP contribution in [0.4, 0.5) is 10.1 Å². The van der Waals surface area contributed by atoms with Crippen LogP contribution in [-0.4, -0.2) is 55.7 Å². The number of hydrogen-bond donors (Lipinski definition) is 1. The number of carbonyl (C=O) groups excluding carboxylic acids is 1. The van der Waals surface area contributed by atoms with E-state index in [1.807, 2.05) is 72.6 Å². The van der Waals surface area contributed by atoms with Crippen molar-refractivity contribution >= 4 is 35.5 Å². The van der Waals surface area contributed by atoms with Crippen molar-refractivity contribution in [2.24, 2.45) is 0 Å². The van der Waals surface area contributed by atoms with E-state index >= 15 is 4.39 Å². The largest absolute Gasteiger partial charge is 0.462 e. The Kier molecular flexibility index (Phi) is 10.2. The fourth-order valence-electron chi connectivity index (χ4n) is 5.67. The number of piperazine rings is 1. The summed E-state index contributed by atoms with van der Waals surface area (Å²) in [5, 5.41) is 0.347. The first-order chi connectivity index (χ1) is 23.3. The molecular formula is C37H37FN3O6P. The number of H-pyrrole nitrogens is 1. The Balaban J connectivity index is 1.39. The van der Waals surface area contributed by atoms with Gasteiger partial charge < -0.3 is 28.6 Å². The van der Waals surface area contributed by atoms with Crippen molar-refractivity contribution in [1.29, 1.82) is 0 Å². The molecule has 0 bridgehead atoms.